The summed E-state index contributed by atoms with van der Waals surface area (Å²) in [5.41, 5.74) is 0.618. The number of thiazole rings is 1. The molecule has 0 bridgehead atoms. The van der Waals surface area contributed by atoms with E-state index < -0.39 is 10.0 Å². The summed E-state index contributed by atoms with van der Waals surface area (Å²) in [5, 5.41) is 3.67. The number of carbonyl (C=O) groups excluding carboxylic acids is 1. The maximum atomic E-state index is 13.3. The predicted octanol–water partition coefficient (Wildman–Crippen LogP) is 5.27. The maximum Gasteiger partial charge on any atom is 0.264 e. The Morgan fingerprint density at radius 1 is 1.09 bits per heavy atom. The zero-order chi connectivity index (χ0) is 24.2. The van der Waals surface area contributed by atoms with E-state index in [2.05, 4.69) is 10.3 Å². The summed E-state index contributed by atoms with van der Waals surface area (Å²) < 4.78 is 34.2. The van der Waals surface area contributed by atoms with Crippen molar-refractivity contribution < 1.29 is 17.9 Å². The molecule has 0 atom stereocenters. The van der Waals surface area contributed by atoms with Crippen LogP contribution in [0.3, 0.4) is 0 Å². The Hall–Kier alpha value is -2.20. The Labute approximate surface area is 203 Å². The SMILES string of the molecule is CC(C)CN(CC(C)C)S(=O)(=O)c1ccc2nc(NC(=O)COc3ccc(Cl)cc3)sc2c1. The highest BCUT2D eigenvalue weighted by molar-refractivity contribution is 7.89. The van der Waals surface area contributed by atoms with Crippen LogP contribution in [0.5, 0.6) is 5.75 Å². The van der Waals surface area contributed by atoms with Gasteiger partial charge in [0, 0.05) is 18.1 Å². The molecule has 0 fully saturated rings. The molecule has 0 aliphatic rings. The molecule has 7 nitrogen and oxygen atoms in total. The number of carbonyl (C=O) groups is 1. The molecule has 10 heteroatoms. The molecular weight excluding hydrogens is 482 g/mol. The van der Waals surface area contributed by atoms with Gasteiger partial charge in [0.15, 0.2) is 11.7 Å². The molecule has 3 rings (SSSR count). The van der Waals surface area contributed by atoms with Crippen LogP contribution in [0, 0.1) is 11.8 Å². The molecule has 1 aromatic heterocycles. The van der Waals surface area contributed by atoms with Gasteiger partial charge in [-0.2, -0.15) is 4.31 Å². The van der Waals surface area contributed by atoms with Crippen LogP contribution in [0.4, 0.5) is 5.13 Å². The molecule has 1 heterocycles. The largest absolute Gasteiger partial charge is 0.484 e. The van der Waals surface area contributed by atoms with Gasteiger partial charge in [0.25, 0.3) is 5.91 Å². The quantitative estimate of drug-likeness (QED) is 0.402. The molecule has 0 radical (unpaired) electrons. The fourth-order valence-corrected chi connectivity index (χ4v) is 6.10. The van der Waals surface area contributed by atoms with Gasteiger partial charge < -0.3 is 4.74 Å². The van der Waals surface area contributed by atoms with Gasteiger partial charge in [0.2, 0.25) is 10.0 Å². The molecular formula is C23H28ClN3O4S2. The number of hydrogen-bond acceptors (Lipinski definition) is 6. The molecule has 1 N–H and O–H groups in total. The van der Waals surface area contributed by atoms with E-state index in [-0.39, 0.29) is 29.2 Å². The number of amides is 1. The van der Waals surface area contributed by atoms with E-state index in [0.29, 0.717) is 39.2 Å². The van der Waals surface area contributed by atoms with Crippen molar-refractivity contribution in [3.63, 3.8) is 0 Å². The van der Waals surface area contributed by atoms with E-state index in [1.165, 1.54) is 11.3 Å². The number of hydrogen-bond donors (Lipinski definition) is 1. The van der Waals surface area contributed by atoms with Crippen molar-refractivity contribution in [2.45, 2.75) is 32.6 Å². The normalized spacial score (nSPS) is 12.1. The van der Waals surface area contributed by atoms with Crippen LogP contribution in [0.25, 0.3) is 10.2 Å². The molecule has 0 spiro atoms. The molecule has 0 unspecified atom stereocenters. The summed E-state index contributed by atoms with van der Waals surface area (Å²) in [7, 11) is -3.64. The van der Waals surface area contributed by atoms with Crippen LogP contribution in [0.1, 0.15) is 27.7 Å². The third-order valence-corrected chi connectivity index (χ3v) is 7.58. The summed E-state index contributed by atoms with van der Waals surface area (Å²) in [6.07, 6.45) is 0. The van der Waals surface area contributed by atoms with Crippen LogP contribution in [0.2, 0.25) is 5.02 Å². The highest BCUT2D eigenvalue weighted by Crippen LogP contribution is 2.30. The van der Waals surface area contributed by atoms with E-state index in [4.69, 9.17) is 16.3 Å². The van der Waals surface area contributed by atoms with Crippen LogP contribution in [-0.2, 0) is 14.8 Å². The van der Waals surface area contributed by atoms with E-state index >= 15 is 0 Å². The number of rotatable bonds is 10. The summed E-state index contributed by atoms with van der Waals surface area (Å²) in [6.45, 7) is 8.73. The number of aromatic nitrogens is 1. The third-order valence-electron chi connectivity index (χ3n) is 4.57. The average molecular weight is 510 g/mol. The van der Waals surface area contributed by atoms with Crippen molar-refractivity contribution in [1.29, 1.82) is 0 Å². The second-order valence-corrected chi connectivity index (χ2v) is 12.0. The van der Waals surface area contributed by atoms with Crippen molar-refractivity contribution in [1.82, 2.24) is 9.29 Å². The molecule has 0 saturated heterocycles. The second kappa shape index (κ2) is 10.8. The van der Waals surface area contributed by atoms with Crippen molar-refractivity contribution in [3.8, 4) is 5.75 Å². The molecule has 33 heavy (non-hydrogen) atoms. The number of nitrogens with zero attached hydrogens (tertiary/aromatic N) is 2. The Morgan fingerprint density at radius 2 is 1.73 bits per heavy atom. The first-order chi connectivity index (χ1) is 15.5. The molecule has 0 aliphatic heterocycles. The minimum absolute atomic E-state index is 0.184. The van der Waals surface area contributed by atoms with Crippen molar-refractivity contribution in [2.75, 3.05) is 25.0 Å². The molecule has 2 aromatic carbocycles. The minimum atomic E-state index is -3.64. The molecule has 0 saturated carbocycles. The van der Waals surface area contributed by atoms with Gasteiger partial charge in [-0.25, -0.2) is 13.4 Å². The zero-order valence-corrected chi connectivity index (χ0v) is 21.4. The lowest BCUT2D eigenvalue weighted by atomic mass is 10.2. The van der Waals surface area contributed by atoms with Gasteiger partial charge in [-0.3, -0.25) is 10.1 Å². The number of sulfonamides is 1. The van der Waals surface area contributed by atoms with E-state index in [1.54, 1.807) is 46.8 Å². The Balaban J connectivity index is 1.73. The highest BCUT2D eigenvalue weighted by Gasteiger charge is 2.26. The number of benzene rings is 2. The number of anilines is 1. The van der Waals surface area contributed by atoms with Crippen LogP contribution < -0.4 is 10.1 Å². The minimum Gasteiger partial charge on any atom is -0.484 e. The number of fused-ring (bicyclic) bond motifs is 1. The second-order valence-electron chi connectivity index (χ2n) is 8.55. The number of halogens is 1. The average Bonchev–Trinajstić information content (AvgIpc) is 3.13. The molecule has 1 amide bonds. The van der Waals surface area contributed by atoms with Crippen molar-refractivity contribution in [3.05, 3.63) is 47.5 Å². The van der Waals surface area contributed by atoms with E-state index in [9.17, 15) is 13.2 Å². The topological polar surface area (TPSA) is 88.6 Å². The lowest BCUT2D eigenvalue weighted by molar-refractivity contribution is -0.118. The zero-order valence-electron chi connectivity index (χ0n) is 19.0. The first-order valence-corrected chi connectivity index (χ1v) is 13.3. The Morgan fingerprint density at radius 3 is 2.33 bits per heavy atom. The fraction of sp³-hybridized carbons (Fsp3) is 0.391. The highest BCUT2D eigenvalue weighted by atomic mass is 35.5. The lowest BCUT2D eigenvalue weighted by Crippen LogP contribution is -2.37. The first-order valence-electron chi connectivity index (χ1n) is 10.6. The van der Waals surface area contributed by atoms with Crippen molar-refractivity contribution >= 4 is 54.2 Å². The van der Waals surface area contributed by atoms with Crippen LogP contribution in [0.15, 0.2) is 47.4 Å². The van der Waals surface area contributed by atoms with Gasteiger partial charge >= 0.3 is 0 Å². The maximum absolute atomic E-state index is 13.3. The van der Waals surface area contributed by atoms with Gasteiger partial charge in [-0.05, 0) is 54.3 Å². The van der Waals surface area contributed by atoms with Crippen LogP contribution >= 0.6 is 22.9 Å². The summed E-state index contributed by atoms with van der Waals surface area (Å²) >= 11 is 7.06. The summed E-state index contributed by atoms with van der Waals surface area (Å²) in [6, 6.07) is 11.6. The van der Waals surface area contributed by atoms with Crippen LogP contribution in [-0.4, -0.2) is 43.3 Å². The van der Waals surface area contributed by atoms with E-state index in [1.807, 2.05) is 27.7 Å². The smallest absolute Gasteiger partial charge is 0.264 e. The number of ether oxygens (including phenoxy) is 1. The Bertz CT molecular complexity index is 1200. The first kappa shape index (κ1) is 25.4. The van der Waals surface area contributed by atoms with Gasteiger partial charge in [-0.1, -0.05) is 50.6 Å². The standard InChI is InChI=1S/C23H28ClN3O4S2/c1-15(2)12-27(13-16(3)4)33(29,30)19-9-10-20-21(11-19)32-23(25-20)26-22(28)14-31-18-7-5-17(24)6-8-18/h5-11,15-16H,12-14H2,1-4H3,(H,25,26,28). The molecule has 3 aromatic rings. The molecule has 178 valence electrons. The monoisotopic (exact) mass is 509 g/mol. The lowest BCUT2D eigenvalue weighted by Gasteiger charge is -2.25. The Kier molecular flexibility index (Phi) is 8.33. The van der Waals surface area contributed by atoms with Gasteiger partial charge in [0.05, 0.1) is 15.1 Å². The fourth-order valence-electron chi connectivity index (χ4n) is 3.19. The third kappa shape index (κ3) is 6.89. The van der Waals surface area contributed by atoms with Crippen molar-refractivity contribution in [2.24, 2.45) is 11.8 Å². The van der Waals surface area contributed by atoms with E-state index in [0.717, 1.165) is 0 Å². The summed E-state index contributed by atoms with van der Waals surface area (Å²) in [5.74, 6) is 0.586. The van der Waals surface area contributed by atoms with Gasteiger partial charge in [0.1, 0.15) is 5.75 Å². The summed E-state index contributed by atoms with van der Waals surface area (Å²) in [4.78, 5) is 16.9. The van der Waals surface area contributed by atoms with Gasteiger partial charge in [-0.15, -0.1) is 0 Å². The number of nitrogens with one attached hydrogen (secondary N) is 1. The predicted molar refractivity (Wildman–Crippen MR) is 134 cm³/mol. The molecule has 0 aliphatic carbocycles.